The lowest BCUT2D eigenvalue weighted by Gasteiger charge is -2.12. The van der Waals surface area contributed by atoms with Gasteiger partial charge in [0.05, 0.1) is 6.10 Å². The number of amides is 1. The number of fused-ring (bicyclic) bond motifs is 1. The van der Waals surface area contributed by atoms with E-state index < -0.39 is 0 Å². The van der Waals surface area contributed by atoms with Crippen molar-refractivity contribution < 1.29 is 13.9 Å². The van der Waals surface area contributed by atoms with Gasteiger partial charge in [-0.2, -0.15) is 0 Å². The zero-order valence-electron chi connectivity index (χ0n) is 12.3. The minimum atomic E-state index is -0.353. The summed E-state index contributed by atoms with van der Waals surface area (Å²) in [6, 6.07) is 9.90. The van der Waals surface area contributed by atoms with Gasteiger partial charge in [-0.05, 0) is 25.0 Å². The molecule has 1 amide bonds. The van der Waals surface area contributed by atoms with Gasteiger partial charge in [0.1, 0.15) is 17.4 Å². The Hall–Kier alpha value is -1.56. The monoisotopic (exact) mass is 324 g/mol. The Morgan fingerprint density at radius 1 is 1.32 bits per heavy atom. The van der Waals surface area contributed by atoms with Crippen molar-refractivity contribution in [3.8, 4) is 0 Å². The molecule has 3 rings (SSSR count). The van der Waals surface area contributed by atoms with Crippen molar-refractivity contribution in [3.05, 3.63) is 36.1 Å². The van der Waals surface area contributed by atoms with Gasteiger partial charge in [0.15, 0.2) is 0 Å². The lowest BCUT2D eigenvalue weighted by molar-refractivity contribution is -0.131. The Morgan fingerprint density at radius 3 is 2.86 bits per heavy atom. The average molecular weight is 325 g/mol. The molecule has 120 valence electrons. The summed E-state index contributed by atoms with van der Waals surface area (Å²) in [5.74, 6) is 0.825. The first-order chi connectivity index (χ1) is 10.3. The van der Waals surface area contributed by atoms with Crippen LogP contribution in [0.1, 0.15) is 18.6 Å². The summed E-state index contributed by atoms with van der Waals surface area (Å²) in [5.41, 5.74) is 6.42. The second kappa shape index (κ2) is 7.63. The molecule has 5 nitrogen and oxygen atoms in total. The number of hydrogen-bond acceptors (Lipinski definition) is 4. The van der Waals surface area contributed by atoms with Crippen LogP contribution in [0.25, 0.3) is 11.0 Å². The summed E-state index contributed by atoms with van der Waals surface area (Å²) < 4.78 is 11.3. The van der Waals surface area contributed by atoms with Crippen molar-refractivity contribution in [1.29, 1.82) is 0 Å². The van der Waals surface area contributed by atoms with E-state index in [0.717, 1.165) is 29.6 Å². The minimum Gasteiger partial charge on any atom is -0.461 e. The molecular weight excluding hydrogens is 304 g/mol. The Morgan fingerprint density at radius 2 is 2.14 bits per heavy atom. The molecule has 0 aliphatic carbocycles. The van der Waals surface area contributed by atoms with Gasteiger partial charge in [0.2, 0.25) is 5.91 Å². The number of halogens is 1. The first kappa shape index (κ1) is 16.8. The van der Waals surface area contributed by atoms with Gasteiger partial charge >= 0.3 is 0 Å². The number of rotatable bonds is 5. The molecule has 1 saturated heterocycles. The first-order valence-electron chi connectivity index (χ1n) is 7.37. The third kappa shape index (κ3) is 3.80. The highest BCUT2D eigenvalue weighted by Crippen LogP contribution is 2.20. The summed E-state index contributed by atoms with van der Waals surface area (Å²) in [4.78, 5) is 12.0. The van der Waals surface area contributed by atoms with Crippen molar-refractivity contribution >= 4 is 29.3 Å². The van der Waals surface area contributed by atoms with E-state index in [0.29, 0.717) is 19.5 Å². The predicted molar refractivity (Wildman–Crippen MR) is 87.1 cm³/mol. The summed E-state index contributed by atoms with van der Waals surface area (Å²) in [5, 5.41) is 3.98. The molecule has 2 heterocycles. The highest BCUT2D eigenvalue weighted by molar-refractivity contribution is 5.85. The summed E-state index contributed by atoms with van der Waals surface area (Å²) in [6.45, 7) is 1.02. The standard InChI is InChI=1S/C16H20N2O3.ClH/c17-10-13-5-6-15(21-13)16(19)18-8-7-12-9-11-3-1-2-4-14(11)20-12;/h1-4,9,13,15H,5-8,10,17H2,(H,18,19);1H/t13-,15+;/m1./s1. The third-order valence-corrected chi connectivity index (χ3v) is 3.81. The Bertz CT molecular complexity index is 596. The van der Waals surface area contributed by atoms with Crippen LogP contribution in [0, 0.1) is 0 Å². The van der Waals surface area contributed by atoms with E-state index in [1.54, 1.807) is 0 Å². The van der Waals surface area contributed by atoms with Crippen molar-refractivity contribution in [2.45, 2.75) is 31.5 Å². The van der Waals surface area contributed by atoms with E-state index in [1.807, 2.05) is 30.3 Å². The Labute approximate surface area is 135 Å². The van der Waals surface area contributed by atoms with Crippen LogP contribution < -0.4 is 11.1 Å². The molecule has 2 aromatic rings. The van der Waals surface area contributed by atoms with Gasteiger partial charge in [0, 0.05) is 24.9 Å². The predicted octanol–water partition coefficient (Wildman–Crippen LogP) is 2.02. The van der Waals surface area contributed by atoms with Gasteiger partial charge in [-0.25, -0.2) is 0 Å². The fourth-order valence-corrected chi connectivity index (χ4v) is 2.65. The van der Waals surface area contributed by atoms with Crippen molar-refractivity contribution in [3.63, 3.8) is 0 Å². The molecule has 3 N–H and O–H groups in total. The molecule has 1 aliphatic heterocycles. The molecule has 0 bridgehead atoms. The quantitative estimate of drug-likeness (QED) is 0.882. The highest BCUT2D eigenvalue weighted by Gasteiger charge is 2.29. The van der Waals surface area contributed by atoms with E-state index in [2.05, 4.69) is 5.32 Å². The van der Waals surface area contributed by atoms with E-state index in [9.17, 15) is 4.79 Å². The zero-order chi connectivity index (χ0) is 14.7. The summed E-state index contributed by atoms with van der Waals surface area (Å²) in [7, 11) is 0. The number of nitrogens with one attached hydrogen (secondary N) is 1. The lowest BCUT2D eigenvalue weighted by atomic mass is 10.2. The van der Waals surface area contributed by atoms with Crippen molar-refractivity contribution in [1.82, 2.24) is 5.32 Å². The van der Waals surface area contributed by atoms with Gasteiger partial charge in [-0.3, -0.25) is 4.79 Å². The van der Waals surface area contributed by atoms with Crippen LogP contribution in [0.2, 0.25) is 0 Å². The van der Waals surface area contributed by atoms with Gasteiger partial charge < -0.3 is 20.2 Å². The number of nitrogens with two attached hydrogens (primary N) is 1. The molecule has 0 saturated carbocycles. The van der Waals surface area contributed by atoms with Crippen molar-refractivity contribution in [2.75, 3.05) is 13.1 Å². The molecule has 1 fully saturated rings. The largest absolute Gasteiger partial charge is 0.461 e. The Balaban J connectivity index is 0.00000176. The maximum atomic E-state index is 12.0. The fraction of sp³-hybridized carbons (Fsp3) is 0.438. The third-order valence-electron chi connectivity index (χ3n) is 3.81. The normalized spacial score (nSPS) is 20.8. The van der Waals surface area contributed by atoms with E-state index in [4.69, 9.17) is 14.9 Å². The van der Waals surface area contributed by atoms with Crippen LogP contribution in [0.15, 0.2) is 34.7 Å². The maximum absolute atomic E-state index is 12.0. The maximum Gasteiger partial charge on any atom is 0.249 e. The van der Waals surface area contributed by atoms with Crippen LogP contribution in [-0.2, 0) is 16.0 Å². The number of carbonyl (C=O) groups is 1. The molecule has 1 aliphatic rings. The molecule has 1 aromatic carbocycles. The second-order valence-corrected chi connectivity index (χ2v) is 5.35. The second-order valence-electron chi connectivity index (χ2n) is 5.35. The molecule has 6 heteroatoms. The molecule has 0 spiro atoms. The van der Waals surface area contributed by atoms with Crippen LogP contribution in [-0.4, -0.2) is 31.2 Å². The topological polar surface area (TPSA) is 77.5 Å². The highest BCUT2D eigenvalue weighted by atomic mass is 35.5. The molecule has 1 aromatic heterocycles. The van der Waals surface area contributed by atoms with Crippen LogP contribution in [0.4, 0.5) is 0 Å². The van der Waals surface area contributed by atoms with E-state index in [1.165, 1.54) is 0 Å². The fourth-order valence-electron chi connectivity index (χ4n) is 2.65. The molecule has 0 radical (unpaired) electrons. The summed E-state index contributed by atoms with van der Waals surface area (Å²) in [6.07, 6.45) is 1.95. The zero-order valence-corrected chi connectivity index (χ0v) is 13.1. The van der Waals surface area contributed by atoms with Crippen LogP contribution in [0.3, 0.4) is 0 Å². The van der Waals surface area contributed by atoms with E-state index >= 15 is 0 Å². The van der Waals surface area contributed by atoms with Gasteiger partial charge in [-0.1, -0.05) is 18.2 Å². The summed E-state index contributed by atoms with van der Waals surface area (Å²) >= 11 is 0. The smallest absolute Gasteiger partial charge is 0.249 e. The molecule has 2 atom stereocenters. The molecule has 0 unspecified atom stereocenters. The molecular formula is C16H21ClN2O3. The van der Waals surface area contributed by atoms with Crippen LogP contribution >= 0.6 is 12.4 Å². The van der Waals surface area contributed by atoms with E-state index in [-0.39, 0.29) is 30.5 Å². The number of ether oxygens (including phenoxy) is 1. The number of furan rings is 1. The van der Waals surface area contributed by atoms with Gasteiger partial charge in [-0.15, -0.1) is 12.4 Å². The average Bonchev–Trinajstić information content (AvgIpc) is 3.13. The van der Waals surface area contributed by atoms with Gasteiger partial charge in [0.25, 0.3) is 0 Å². The minimum absolute atomic E-state index is 0. The number of para-hydroxylation sites is 1. The SMILES string of the molecule is Cl.NC[C@H]1CC[C@@H](C(=O)NCCc2cc3ccccc3o2)O1. The van der Waals surface area contributed by atoms with Crippen LogP contribution in [0.5, 0.6) is 0 Å². The number of benzene rings is 1. The number of hydrogen-bond donors (Lipinski definition) is 2. The molecule has 22 heavy (non-hydrogen) atoms. The number of carbonyl (C=O) groups excluding carboxylic acids is 1. The first-order valence-corrected chi connectivity index (χ1v) is 7.37. The lowest BCUT2D eigenvalue weighted by Crippen LogP contribution is -2.36. The van der Waals surface area contributed by atoms with Crippen molar-refractivity contribution in [2.24, 2.45) is 5.73 Å². The Kier molecular flexibility index (Phi) is 5.83.